The van der Waals surface area contributed by atoms with Crippen molar-refractivity contribution in [3.05, 3.63) is 35.9 Å². The molecule has 1 aromatic carbocycles. The van der Waals surface area contributed by atoms with E-state index in [0.29, 0.717) is 23.3 Å². The third kappa shape index (κ3) is 3.06. The van der Waals surface area contributed by atoms with Crippen molar-refractivity contribution in [2.75, 3.05) is 5.75 Å². The minimum Gasteiger partial charge on any atom is -0.293 e. The van der Waals surface area contributed by atoms with Gasteiger partial charge in [0.25, 0.3) is 0 Å². The predicted octanol–water partition coefficient (Wildman–Crippen LogP) is 3.51. The molecule has 18 heavy (non-hydrogen) atoms. The summed E-state index contributed by atoms with van der Waals surface area (Å²) in [5.74, 6) is 1.58. The Morgan fingerprint density at radius 2 is 1.89 bits per heavy atom. The molecule has 0 radical (unpaired) electrons. The third-order valence-electron chi connectivity index (χ3n) is 4.15. The Labute approximate surface area is 122 Å². The van der Waals surface area contributed by atoms with Crippen molar-refractivity contribution in [3.63, 3.8) is 0 Å². The van der Waals surface area contributed by atoms with Gasteiger partial charge in [-0.25, -0.2) is 0 Å². The number of benzene rings is 1. The summed E-state index contributed by atoms with van der Waals surface area (Å²) < 4.78 is 0. The fourth-order valence-corrected chi connectivity index (χ4v) is 3.92. The van der Waals surface area contributed by atoms with E-state index in [9.17, 15) is 0 Å². The molecule has 0 saturated carbocycles. The number of likely N-dealkylation sites (tertiary alicyclic amines) is 1. The molecule has 1 heterocycles. The Hall–Kier alpha value is -0.120. The van der Waals surface area contributed by atoms with Gasteiger partial charge in [-0.2, -0.15) is 25.3 Å². The molecule has 0 amide bonds. The first kappa shape index (κ1) is 14.3. The summed E-state index contributed by atoms with van der Waals surface area (Å²) in [7, 11) is 0. The highest BCUT2D eigenvalue weighted by Crippen LogP contribution is 2.33. The maximum absolute atomic E-state index is 4.81. The van der Waals surface area contributed by atoms with Gasteiger partial charge in [0, 0.05) is 23.9 Å². The zero-order chi connectivity index (χ0) is 13.1. The van der Waals surface area contributed by atoms with Crippen molar-refractivity contribution in [3.8, 4) is 0 Å². The molecule has 0 aromatic heterocycles. The van der Waals surface area contributed by atoms with Gasteiger partial charge in [-0.15, -0.1) is 0 Å². The maximum Gasteiger partial charge on any atom is 0.0239 e. The highest BCUT2D eigenvalue weighted by Gasteiger charge is 2.36. The standard InChI is InChI=1S/C15H23NS2/c1-11-8-14(10-17)15(18)12(2)16(11)9-13-6-4-3-5-7-13/h3-7,11-12,14-15,17-18H,8-10H2,1-2H3. The van der Waals surface area contributed by atoms with E-state index in [0.717, 1.165) is 12.3 Å². The minimum absolute atomic E-state index is 0.433. The van der Waals surface area contributed by atoms with Gasteiger partial charge in [-0.3, -0.25) is 4.90 Å². The molecule has 1 aromatic rings. The van der Waals surface area contributed by atoms with Crippen LogP contribution in [0.5, 0.6) is 0 Å². The zero-order valence-electron chi connectivity index (χ0n) is 11.2. The number of hydrogen-bond acceptors (Lipinski definition) is 3. The van der Waals surface area contributed by atoms with Crippen LogP contribution in [-0.2, 0) is 6.54 Å². The molecule has 1 aliphatic heterocycles. The van der Waals surface area contributed by atoms with Gasteiger partial charge < -0.3 is 0 Å². The van der Waals surface area contributed by atoms with Gasteiger partial charge >= 0.3 is 0 Å². The van der Waals surface area contributed by atoms with Crippen molar-refractivity contribution < 1.29 is 0 Å². The van der Waals surface area contributed by atoms with E-state index < -0.39 is 0 Å². The molecule has 4 unspecified atom stereocenters. The zero-order valence-corrected chi connectivity index (χ0v) is 12.9. The van der Waals surface area contributed by atoms with Crippen LogP contribution in [0.3, 0.4) is 0 Å². The van der Waals surface area contributed by atoms with Crippen LogP contribution in [0.2, 0.25) is 0 Å². The number of thiol groups is 2. The molecule has 3 heteroatoms. The van der Waals surface area contributed by atoms with E-state index in [4.69, 9.17) is 12.6 Å². The van der Waals surface area contributed by atoms with E-state index >= 15 is 0 Å². The van der Waals surface area contributed by atoms with Crippen molar-refractivity contribution in [2.24, 2.45) is 5.92 Å². The molecular weight excluding hydrogens is 258 g/mol. The summed E-state index contributed by atoms with van der Waals surface area (Å²) in [4.78, 5) is 2.58. The monoisotopic (exact) mass is 281 g/mol. The first-order valence-electron chi connectivity index (χ1n) is 6.72. The molecule has 1 saturated heterocycles. The molecule has 1 nitrogen and oxygen atoms in total. The maximum atomic E-state index is 4.81. The average molecular weight is 281 g/mol. The smallest absolute Gasteiger partial charge is 0.0239 e. The average Bonchev–Trinajstić information content (AvgIpc) is 2.40. The van der Waals surface area contributed by atoms with Crippen LogP contribution in [0.4, 0.5) is 0 Å². The Bertz CT molecular complexity index is 368. The van der Waals surface area contributed by atoms with Crippen LogP contribution in [0.15, 0.2) is 30.3 Å². The molecular formula is C15H23NS2. The lowest BCUT2D eigenvalue weighted by Gasteiger charge is -2.46. The molecule has 1 aliphatic rings. The van der Waals surface area contributed by atoms with Gasteiger partial charge in [-0.05, 0) is 37.5 Å². The van der Waals surface area contributed by atoms with Gasteiger partial charge in [-0.1, -0.05) is 30.3 Å². The second-order valence-corrected chi connectivity index (χ2v) is 6.38. The largest absolute Gasteiger partial charge is 0.293 e. The van der Waals surface area contributed by atoms with Crippen molar-refractivity contribution in [1.29, 1.82) is 0 Å². The Kier molecular flexibility index (Phi) is 5.05. The normalized spacial score (nSPS) is 33.6. The molecule has 4 atom stereocenters. The van der Waals surface area contributed by atoms with E-state index in [-0.39, 0.29) is 0 Å². The molecule has 100 valence electrons. The molecule has 0 spiro atoms. The van der Waals surface area contributed by atoms with E-state index in [1.165, 1.54) is 12.0 Å². The first-order valence-corrected chi connectivity index (χ1v) is 7.87. The highest BCUT2D eigenvalue weighted by molar-refractivity contribution is 7.81. The lowest BCUT2D eigenvalue weighted by atomic mass is 9.87. The SMILES string of the molecule is CC1CC(CS)C(S)C(C)N1Cc1ccccc1. The first-order chi connectivity index (χ1) is 8.63. The molecule has 0 aliphatic carbocycles. The van der Waals surface area contributed by atoms with Crippen LogP contribution in [0.25, 0.3) is 0 Å². The van der Waals surface area contributed by atoms with E-state index in [1.54, 1.807) is 0 Å². The number of hydrogen-bond donors (Lipinski definition) is 2. The Morgan fingerprint density at radius 1 is 1.22 bits per heavy atom. The highest BCUT2D eigenvalue weighted by atomic mass is 32.1. The minimum atomic E-state index is 0.433. The van der Waals surface area contributed by atoms with Gasteiger partial charge in [0.15, 0.2) is 0 Å². The Morgan fingerprint density at radius 3 is 2.50 bits per heavy atom. The summed E-state index contributed by atoms with van der Waals surface area (Å²) in [5, 5.41) is 0.433. The van der Waals surface area contributed by atoms with Crippen LogP contribution < -0.4 is 0 Å². The van der Waals surface area contributed by atoms with E-state index in [2.05, 4.69) is 61.7 Å². The second kappa shape index (κ2) is 6.36. The van der Waals surface area contributed by atoms with Crippen LogP contribution in [-0.4, -0.2) is 28.0 Å². The van der Waals surface area contributed by atoms with Crippen molar-refractivity contribution >= 4 is 25.3 Å². The molecule has 0 N–H and O–H groups in total. The quantitative estimate of drug-likeness (QED) is 0.802. The predicted molar refractivity (Wildman–Crippen MR) is 85.6 cm³/mol. The van der Waals surface area contributed by atoms with Gasteiger partial charge in [0.2, 0.25) is 0 Å². The number of rotatable bonds is 3. The third-order valence-corrected chi connectivity index (χ3v) is 5.47. The summed E-state index contributed by atoms with van der Waals surface area (Å²) in [6.07, 6.45) is 1.20. The van der Waals surface area contributed by atoms with Gasteiger partial charge in [0.1, 0.15) is 0 Å². The fourth-order valence-electron chi connectivity index (χ4n) is 2.98. The number of nitrogens with zero attached hydrogens (tertiary/aromatic N) is 1. The van der Waals surface area contributed by atoms with Crippen molar-refractivity contribution in [1.82, 2.24) is 4.90 Å². The molecule has 1 fully saturated rings. The fraction of sp³-hybridized carbons (Fsp3) is 0.600. The topological polar surface area (TPSA) is 3.24 Å². The van der Waals surface area contributed by atoms with Crippen LogP contribution in [0, 0.1) is 5.92 Å². The van der Waals surface area contributed by atoms with Crippen LogP contribution in [0.1, 0.15) is 25.8 Å². The van der Waals surface area contributed by atoms with Crippen LogP contribution >= 0.6 is 25.3 Å². The summed E-state index contributed by atoms with van der Waals surface area (Å²) in [6.45, 7) is 5.65. The number of piperidine rings is 1. The summed E-state index contributed by atoms with van der Waals surface area (Å²) in [5.41, 5.74) is 1.39. The van der Waals surface area contributed by atoms with E-state index in [1.807, 2.05) is 0 Å². The lowest BCUT2D eigenvalue weighted by molar-refractivity contribution is 0.0760. The molecule has 0 bridgehead atoms. The summed E-state index contributed by atoms with van der Waals surface area (Å²) >= 11 is 9.27. The van der Waals surface area contributed by atoms with Crippen molar-refractivity contribution in [2.45, 2.75) is 44.1 Å². The van der Waals surface area contributed by atoms with Gasteiger partial charge in [0.05, 0.1) is 0 Å². The Balaban J connectivity index is 2.08. The summed E-state index contributed by atoms with van der Waals surface area (Å²) in [6, 6.07) is 11.8. The molecule has 2 rings (SSSR count). The lowest BCUT2D eigenvalue weighted by Crippen LogP contribution is -2.52. The second-order valence-electron chi connectivity index (χ2n) is 5.42.